The van der Waals surface area contributed by atoms with Crippen LogP contribution in [0.25, 0.3) is 0 Å². The fourth-order valence-corrected chi connectivity index (χ4v) is 4.18. The van der Waals surface area contributed by atoms with E-state index in [9.17, 15) is 9.59 Å². The van der Waals surface area contributed by atoms with E-state index in [0.29, 0.717) is 15.7 Å². The van der Waals surface area contributed by atoms with Crippen LogP contribution in [-0.4, -0.2) is 39.0 Å². The van der Waals surface area contributed by atoms with Gasteiger partial charge in [-0.15, -0.1) is 21.5 Å². The largest absolute Gasteiger partial charge is 0.462 e. The summed E-state index contributed by atoms with van der Waals surface area (Å²) in [6.45, 7) is 9.44. The molecule has 3 N–H and O–H groups in total. The molecule has 2 heterocycles. The number of aromatic nitrogens is 3. The molecule has 0 aliphatic rings. The number of ether oxygens (including phenoxy) is 1. The molecule has 2 rings (SSSR count). The van der Waals surface area contributed by atoms with Crippen molar-refractivity contribution in [2.45, 2.75) is 45.8 Å². The van der Waals surface area contributed by atoms with Gasteiger partial charge in [0, 0.05) is 4.88 Å². The van der Waals surface area contributed by atoms with Gasteiger partial charge in [0.05, 0.1) is 12.2 Å². The fourth-order valence-electron chi connectivity index (χ4n) is 2.38. The number of amides is 1. The second kappa shape index (κ2) is 8.54. The maximum absolute atomic E-state index is 12.8. The number of rotatable bonds is 7. The lowest BCUT2D eigenvalue weighted by atomic mass is 10.1. The molecule has 142 valence electrons. The molecule has 1 unspecified atom stereocenters. The van der Waals surface area contributed by atoms with E-state index in [0.717, 1.165) is 16.2 Å². The highest BCUT2D eigenvalue weighted by Crippen LogP contribution is 2.34. The van der Waals surface area contributed by atoms with Crippen LogP contribution in [0.15, 0.2) is 5.16 Å². The summed E-state index contributed by atoms with van der Waals surface area (Å²) in [6, 6.07) is -0.628. The van der Waals surface area contributed by atoms with Crippen LogP contribution in [0.2, 0.25) is 0 Å². The maximum atomic E-state index is 12.8. The van der Waals surface area contributed by atoms with Crippen LogP contribution < -0.4 is 11.1 Å². The molecule has 0 saturated heterocycles. The summed E-state index contributed by atoms with van der Waals surface area (Å²) < 4.78 is 6.70. The third-order valence-corrected chi connectivity index (χ3v) is 5.78. The van der Waals surface area contributed by atoms with Gasteiger partial charge in [0.1, 0.15) is 11.0 Å². The third kappa shape index (κ3) is 4.01. The first-order chi connectivity index (χ1) is 12.3. The zero-order valence-electron chi connectivity index (χ0n) is 15.5. The molecule has 0 spiro atoms. The van der Waals surface area contributed by atoms with Crippen molar-refractivity contribution in [1.82, 2.24) is 14.8 Å². The summed E-state index contributed by atoms with van der Waals surface area (Å²) >= 11 is 2.80. The van der Waals surface area contributed by atoms with Gasteiger partial charge in [-0.1, -0.05) is 18.7 Å². The number of carbonyl (C=O) groups is 2. The first-order valence-electron chi connectivity index (χ1n) is 8.22. The van der Waals surface area contributed by atoms with Gasteiger partial charge >= 0.3 is 5.97 Å². The average Bonchev–Trinajstić information content (AvgIpc) is 3.07. The molecule has 0 aromatic carbocycles. The lowest BCUT2D eigenvalue weighted by Gasteiger charge is -2.16. The van der Waals surface area contributed by atoms with Gasteiger partial charge in [-0.25, -0.2) is 4.79 Å². The predicted molar refractivity (Wildman–Crippen MR) is 104 cm³/mol. The summed E-state index contributed by atoms with van der Waals surface area (Å²) in [5.41, 5.74) is 7.08. The molecule has 0 fully saturated rings. The number of aryl methyl sites for hydroxylation is 1. The molecule has 0 aliphatic heterocycles. The van der Waals surface area contributed by atoms with Gasteiger partial charge in [-0.3, -0.25) is 9.36 Å². The van der Waals surface area contributed by atoms with Crippen LogP contribution in [0.3, 0.4) is 0 Å². The third-order valence-electron chi connectivity index (χ3n) is 3.83. The van der Waals surface area contributed by atoms with Crippen LogP contribution in [0, 0.1) is 13.8 Å². The molecule has 26 heavy (non-hydrogen) atoms. The maximum Gasteiger partial charge on any atom is 0.341 e. The van der Waals surface area contributed by atoms with Crippen LogP contribution in [0.1, 0.15) is 47.6 Å². The van der Waals surface area contributed by atoms with Gasteiger partial charge in [-0.2, -0.15) is 0 Å². The number of nitrogens with zero attached hydrogens (tertiary/aromatic N) is 3. The smallest absolute Gasteiger partial charge is 0.341 e. The Bertz CT molecular complexity index is 815. The Morgan fingerprint density at radius 1 is 1.35 bits per heavy atom. The van der Waals surface area contributed by atoms with Crippen molar-refractivity contribution in [1.29, 1.82) is 0 Å². The van der Waals surface area contributed by atoms with E-state index in [1.165, 1.54) is 23.1 Å². The molecule has 1 atom stereocenters. The lowest BCUT2D eigenvalue weighted by molar-refractivity contribution is -0.118. The highest BCUT2D eigenvalue weighted by molar-refractivity contribution is 7.99. The molecule has 0 saturated carbocycles. The van der Waals surface area contributed by atoms with Crippen molar-refractivity contribution < 1.29 is 14.3 Å². The number of nitrogen functional groups attached to an aromatic ring is 1. The quantitative estimate of drug-likeness (QED) is 0.545. The SMILES string of the molecule is CCOC(=O)c1c(NC(=O)C(C)n2c(N)nnc2SCC)sc(C)c1C. The lowest BCUT2D eigenvalue weighted by Crippen LogP contribution is -2.25. The number of carbonyl (C=O) groups excluding carboxylic acids is 2. The molecule has 8 nitrogen and oxygen atoms in total. The van der Waals surface area contributed by atoms with Crippen molar-refractivity contribution in [2.75, 3.05) is 23.4 Å². The standard InChI is InChI=1S/C16H23N5O3S2/c1-6-24-14(23)11-8(3)10(5)26-13(11)18-12(22)9(4)21-15(17)19-20-16(21)25-7-2/h9H,6-7H2,1-5H3,(H2,17,19)(H,18,22). The molecule has 10 heteroatoms. The molecular weight excluding hydrogens is 374 g/mol. The zero-order valence-corrected chi connectivity index (χ0v) is 17.1. The van der Waals surface area contributed by atoms with E-state index in [2.05, 4.69) is 15.5 Å². The zero-order chi connectivity index (χ0) is 19.4. The molecule has 0 bridgehead atoms. The molecule has 0 radical (unpaired) electrons. The molecule has 2 aromatic heterocycles. The van der Waals surface area contributed by atoms with Crippen molar-refractivity contribution in [3.05, 3.63) is 16.0 Å². The van der Waals surface area contributed by atoms with Gasteiger partial charge in [0.15, 0.2) is 5.16 Å². The number of thiophene rings is 1. The second-order valence-corrected chi connectivity index (χ2v) is 7.97. The second-order valence-electron chi connectivity index (χ2n) is 5.52. The van der Waals surface area contributed by atoms with Crippen LogP contribution >= 0.6 is 23.1 Å². The number of anilines is 2. The normalized spacial score (nSPS) is 12.0. The minimum atomic E-state index is -0.628. The Balaban J connectivity index is 2.29. The van der Waals surface area contributed by atoms with Crippen molar-refractivity contribution in [3.8, 4) is 0 Å². The van der Waals surface area contributed by atoms with E-state index < -0.39 is 12.0 Å². The number of hydrogen-bond donors (Lipinski definition) is 2. The van der Waals surface area contributed by atoms with Crippen molar-refractivity contribution in [3.63, 3.8) is 0 Å². The van der Waals surface area contributed by atoms with E-state index in [-0.39, 0.29) is 18.5 Å². The Morgan fingerprint density at radius 2 is 2.04 bits per heavy atom. The Labute approximate surface area is 160 Å². The minimum Gasteiger partial charge on any atom is -0.462 e. The number of nitrogens with one attached hydrogen (secondary N) is 1. The van der Waals surface area contributed by atoms with E-state index in [4.69, 9.17) is 10.5 Å². The number of nitrogens with two attached hydrogens (primary N) is 1. The van der Waals surface area contributed by atoms with Crippen molar-refractivity contribution in [2.24, 2.45) is 0 Å². The van der Waals surface area contributed by atoms with E-state index >= 15 is 0 Å². The van der Waals surface area contributed by atoms with Crippen LogP contribution in [-0.2, 0) is 9.53 Å². The molecular formula is C16H23N5O3S2. The van der Waals surface area contributed by atoms with Gasteiger partial charge in [0.2, 0.25) is 11.9 Å². The first-order valence-corrected chi connectivity index (χ1v) is 10.0. The Hall–Kier alpha value is -2.07. The Kier molecular flexibility index (Phi) is 6.65. The van der Waals surface area contributed by atoms with Gasteiger partial charge in [0.25, 0.3) is 0 Å². The predicted octanol–water partition coefficient (Wildman–Crippen LogP) is 3.03. The monoisotopic (exact) mass is 397 g/mol. The van der Waals surface area contributed by atoms with Crippen molar-refractivity contribution >= 4 is 45.9 Å². The summed E-state index contributed by atoms with van der Waals surface area (Å²) in [5, 5.41) is 11.7. The number of thioether (sulfide) groups is 1. The number of hydrogen-bond acceptors (Lipinski definition) is 8. The highest BCUT2D eigenvalue weighted by atomic mass is 32.2. The number of esters is 1. The summed E-state index contributed by atoms with van der Waals surface area (Å²) in [7, 11) is 0. The van der Waals surface area contributed by atoms with Crippen LogP contribution in [0.5, 0.6) is 0 Å². The van der Waals surface area contributed by atoms with Gasteiger partial charge < -0.3 is 15.8 Å². The minimum absolute atomic E-state index is 0.174. The van der Waals surface area contributed by atoms with Gasteiger partial charge in [-0.05, 0) is 39.0 Å². The summed E-state index contributed by atoms with van der Waals surface area (Å²) in [4.78, 5) is 26.0. The average molecular weight is 398 g/mol. The molecule has 0 aliphatic carbocycles. The van der Waals surface area contributed by atoms with E-state index in [1.807, 2.05) is 20.8 Å². The molecule has 2 aromatic rings. The first kappa shape index (κ1) is 20.2. The van der Waals surface area contributed by atoms with E-state index in [1.54, 1.807) is 18.4 Å². The van der Waals surface area contributed by atoms with Crippen LogP contribution in [0.4, 0.5) is 10.9 Å². The highest BCUT2D eigenvalue weighted by Gasteiger charge is 2.26. The summed E-state index contributed by atoms with van der Waals surface area (Å²) in [6.07, 6.45) is 0. The fraction of sp³-hybridized carbons (Fsp3) is 0.500. The topological polar surface area (TPSA) is 112 Å². The summed E-state index contributed by atoms with van der Waals surface area (Å²) in [5.74, 6) is 0.209. The Morgan fingerprint density at radius 3 is 2.65 bits per heavy atom. The molecule has 1 amide bonds.